The van der Waals surface area contributed by atoms with Gasteiger partial charge in [-0.05, 0) is 72.7 Å². The second-order valence-corrected chi connectivity index (χ2v) is 8.99. The normalized spacial score (nSPS) is 11.3. The lowest BCUT2D eigenvalue weighted by atomic mass is 10.1. The zero-order valence-corrected chi connectivity index (χ0v) is 20.6. The van der Waals surface area contributed by atoms with Gasteiger partial charge in [-0.1, -0.05) is 46.9 Å². The molecular weight excluding hydrogens is 487 g/mol. The maximum Gasteiger partial charge on any atom is 0.199 e. The fraction of sp³-hybridized carbons (Fsp3) is 0.160. The molecule has 0 N–H and O–H groups in total. The highest BCUT2D eigenvalue weighted by atomic mass is 35.5. The van der Waals surface area contributed by atoms with Gasteiger partial charge in [-0.3, -0.25) is 4.79 Å². The lowest BCUT2D eigenvalue weighted by molar-refractivity contribution is 0.104. The van der Waals surface area contributed by atoms with Gasteiger partial charge in [-0.2, -0.15) is 0 Å². The van der Waals surface area contributed by atoms with Crippen LogP contribution in [0.15, 0.2) is 65.6 Å². The van der Waals surface area contributed by atoms with Crippen molar-refractivity contribution in [3.63, 3.8) is 0 Å². The highest BCUT2D eigenvalue weighted by Crippen LogP contribution is 2.33. The zero-order valence-electron chi connectivity index (χ0n) is 17.5. The molecule has 0 aliphatic heterocycles. The number of methoxy groups -OCH3 is 1. The van der Waals surface area contributed by atoms with Gasteiger partial charge < -0.3 is 9.47 Å². The highest BCUT2D eigenvalue weighted by molar-refractivity contribution is 8.03. The smallest absolute Gasteiger partial charge is 0.199 e. The summed E-state index contributed by atoms with van der Waals surface area (Å²) < 4.78 is 11.0. The number of ketones is 1. The van der Waals surface area contributed by atoms with Crippen LogP contribution in [-0.4, -0.2) is 19.5 Å². The standard InChI is InChI=1S/C25H21Cl3O3S/c1-3-31-22-11-5-16(13-23(22)30-2)14-24(25(29)18-6-8-19(26)9-7-18)32-15-17-4-10-20(27)21(28)12-17/h4-14H,3,15H2,1-2H3. The highest BCUT2D eigenvalue weighted by Gasteiger charge is 2.15. The molecule has 0 aromatic heterocycles. The molecule has 0 spiro atoms. The SMILES string of the molecule is CCOc1ccc(C=C(SCc2ccc(Cl)c(Cl)c2)C(=O)c2ccc(Cl)cc2)cc1OC. The predicted octanol–water partition coefficient (Wildman–Crippen LogP) is 8.21. The van der Waals surface area contributed by atoms with E-state index >= 15 is 0 Å². The van der Waals surface area contributed by atoms with Crippen LogP contribution in [0.1, 0.15) is 28.4 Å². The van der Waals surface area contributed by atoms with Gasteiger partial charge in [0, 0.05) is 16.3 Å². The third kappa shape index (κ3) is 6.46. The second-order valence-electron chi connectivity index (χ2n) is 6.73. The fourth-order valence-corrected chi connectivity index (χ4v) is 4.32. The number of halogens is 3. The number of rotatable bonds is 9. The van der Waals surface area contributed by atoms with Crippen molar-refractivity contribution in [1.29, 1.82) is 0 Å². The Hall–Kier alpha value is -2.11. The van der Waals surface area contributed by atoms with Crippen LogP contribution >= 0.6 is 46.6 Å². The molecule has 7 heteroatoms. The van der Waals surface area contributed by atoms with Crippen LogP contribution < -0.4 is 9.47 Å². The molecule has 0 aliphatic rings. The van der Waals surface area contributed by atoms with Gasteiger partial charge in [0.05, 0.1) is 28.7 Å². The van der Waals surface area contributed by atoms with Gasteiger partial charge in [0.15, 0.2) is 17.3 Å². The number of thioether (sulfide) groups is 1. The summed E-state index contributed by atoms with van der Waals surface area (Å²) in [7, 11) is 1.59. The Balaban J connectivity index is 1.94. The van der Waals surface area contributed by atoms with Gasteiger partial charge in [-0.15, -0.1) is 11.8 Å². The van der Waals surface area contributed by atoms with Crippen LogP contribution in [0.5, 0.6) is 11.5 Å². The summed E-state index contributed by atoms with van der Waals surface area (Å²) in [5.74, 6) is 1.71. The first kappa shape index (κ1) is 24.5. The monoisotopic (exact) mass is 506 g/mol. The van der Waals surface area contributed by atoms with Crippen molar-refractivity contribution < 1.29 is 14.3 Å². The Morgan fingerprint density at radius 1 is 0.938 bits per heavy atom. The summed E-state index contributed by atoms with van der Waals surface area (Å²) in [5.41, 5.74) is 2.34. The summed E-state index contributed by atoms with van der Waals surface area (Å²) in [5, 5.41) is 1.55. The topological polar surface area (TPSA) is 35.5 Å². The number of hydrogen-bond donors (Lipinski definition) is 0. The van der Waals surface area contributed by atoms with Crippen molar-refractivity contribution in [2.75, 3.05) is 13.7 Å². The van der Waals surface area contributed by atoms with Crippen LogP contribution in [0.4, 0.5) is 0 Å². The average Bonchev–Trinajstić information content (AvgIpc) is 2.80. The van der Waals surface area contributed by atoms with Crippen molar-refractivity contribution >= 4 is 58.4 Å². The molecule has 0 amide bonds. The van der Waals surface area contributed by atoms with E-state index in [9.17, 15) is 4.79 Å². The van der Waals surface area contributed by atoms with Crippen molar-refractivity contribution in [1.82, 2.24) is 0 Å². The molecular formula is C25H21Cl3O3S. The van der Waals surface area contributed by atoms with E-state index in [1.54, 1.807) is 43.5 Å². The molecule has 32 heavy (non-hydrogen) atoms. The molecule has 3 rings (SSSR count). The van der Waals surface area contributed by atoms with Crippen LogP contribution in [-0.2, 0) is 5.75 Å². The molecule has 0 saturated carbocycles. The fourth-order valence-electron chi connectivity index (χ4n) is 2.91. The number of benzene rings is 3. The van der Waals surface area contributed by atoms with Crippen LogP contribution in [0.3, 0.4) is 0 Å². The van der Waals surface area contributed by atoms with E-state index in [1.165, 1.54) is 11.8 Å². The van der Waals surface area contributed by atoms with E-state index < -0.39 is 0 Å². The van der Waals surface area contributed by atoms with Gasteiger partial charge in [0.1, 0.15) is 0 Å². The molecule has 0 radical (unpaired) electrons. The van der Waals surface area contributed by atoms with Crippen molar-refractivity contribution in [3.05, 3.63) is 97.3 Å². The molecule has 166 valence electrons. The molecule has 0 fully saturated rings. The molecule has 0 atom stereocenters. The van der Waals surface area contributed by atoms with Crippen molar-refractivity contribution in [3.8, 4) is 11.5 Å². The first-order valence-electron chi connectivity index (χ1n) is 9.80. The Bertz CT molecular complexity index is 1130. The van der Waals surface area contributed by atoms with Crippen LogP contribution in [0.25, 0.3) is 6.08 Å². The molecule has 0 unspecified atom stereocenters. The van der Waals surface area contributed by atoms with Crippen LogP contribution in [0.2, 0.25) is 15.1 Å². The third-order valence-corrected chi connectivity index (χ3v) is 6.58. The Labute approximate surface area is 207 Å². The Kier molecular flexibility index (Phi) is 8.94. The lowest BCUT2D eigenvalue weighted by Gasteiger charge is -2.11. The molecule has 0 bridgehead atoms. The average molecular weight is 508 g/mol. The summed E-state index contributed by atoms with van der Waals surface area (Å²) in [6.07, 6.45) is 1.84. The number of hydrogen-bond acceptors (Lipinski definition) is 4. The largest absolute Gasteiger partial charge is 0.493 e. The molecule has 3 aromatic carbocycles. The number of carbonyl (C=O) groups excluding carboxylic acids is 1. The molecule has 0 heterocycles. The molecule has 3 aromatic rings. The van der Waals surface area contributed by atoms with Crippen molar-refractivity contribution in [2.45, 2.75) is 12.7 Å². The summed E-state index contributed by atoms with van der Waals surface area (Å²) in [6.45, 7) is 2.45. The van der Waals surface area contributed by atoms with Gasteiger partial charge in [-0.25, -0.2) is 0 Å². The van der Waals surface area contributed by atoms with E-state index in [2.05, 4.69) is 0 Å². The quantitative estimate of drug-likeness (QED) is 0.216. The van der Waals surface area contributed by atoms with E-state index in [4.69, 9.17) is 44.3 Å². The second kappa shape index (κ2) is 11.7. The third-order valence-electron chi connectivity index (χ3n) is 4.49. The van der Waals surface area contributed by atoms with E-state index in [1.807, 2.05) is 37.3 Å². The summed E-state index contributed by atoms with van der Waals surface area (Å²) >= 11 is 19.6. The molecule has 0 aliphatic carbocycles. The van der Waals surface area contributed by atoms with E-state index in [-0.39, 0.29) is 5.78 Å². The number of ether oxygens (including phenoxy) is 2. The maximum atomic E-state index is 13.3. The maximum absolute atomic E-state index is 13.3. The molecule has 3 nitrogen and oxygen atoms in total. The number of carbonyl (C=O) groups is 1. The summed E-state index contributed by atoms with van der Waals surface area (Å²) in [4.78, 5) is 13.9. The van der Waals surface area contributed by atoms with Gasteiger partial charge >= 0.3 is 0 Å². The minimum atomic E-state index is -0.0976. The summed E-state index contributed by atoms with van der Waals surface area (Å²) in [6, 6.07) is 17.9. The predicted molar refractivity (Wildman–Crippen MR) is 136 cm³/mol. The van der Waals surface area contributed by atoms with Crippen LogP contribution in [0, 0.1) is 0 Å². The number of Topliss-reactive ketones (excluding diaryl/α,β-unsaturated/α-hetero) is 1. The molecule has 0 saturated heterocycles. The first-order valence-corrected chi connectivity index (χ1v) is 11.9. The van der Waals surface area contributed by atoms with Gasteiger partial charge in [0.25, 0.3) is 0 Å². The van der Waals surface area contributed by atoms with Crippen molar-refractivity contribution in [2.24, 2.45) is 0 Å². The van der Waals surface area contributed by atoms with E-state index in [0.29, 0.717) is 49.4 Å². The minimum Gasteiger partial charge on any atom is -0.493 e. The number of allylic oxidation sites excluding steroid dienone is 1. The lowest BCUT2D eigenvalue weighted by Crippen LogP contribution is -2.02. The van der Waals surface area contributed by atoms with E-state index in [0.717, 1.165) is 11.1 Å². The zero-order chi connectivity index (χ0) is 23.1. The van der Waals surface area contributed by atoms with Gasteiger partial charge in [0.2, 0.25) is 0 Å². The Morgan fingerprint density at radius 2 is 1.69 bits per heavy atom. The Morgan fingerprint density at radius 3 is 2.34 bits per heavy atom. The minimum absolute atomic E-state index is 0.0976. The first-order chi connectivity index (χ1) is 15.4.